The molecule has 0 heterocycles. The number of ether oxygens (including phenoxy) is 5. The van der Waals surface area contributed by atoms with Crippen LogP contribution in [0, 0.1) is 0 Å². The lowest BCUT2D eigenvalue weighted by atomic mass is 10.1. The van der Waals surface area contributed by atoms with Gasteiger partial charge in [0.15, 0.2) is 0 Å². The van der Waals surface area contributed by atoms with E-state index in [1.165, 1.54) is 0 Å². The number of hydrogen-bond acceptors (Lipinski definition) is 12. The molecular weight excluding hydrogens is 666 g/mol. The number of amides is 4. The van der Waals surface area contributed by atoms with E-state index in [0.717, 1.165) is 0 Å². The summed E-state index contributed by atoms with van der Waals surface area (Å²) in [5.41, 5.74) is 4.89. The standard InChI is InChI=1S/C35H59N5O11/c1-34(2,3)50-30(43)23-28(32(45)38-26-12-10-25(24-41)11-13-26)40-31(44)27(9-7-8-16-37-33(46)51-35(4,5)6)39-29(42)14-17-47-19-21-49-22-20-48-18-15-36/h10-13,27-28,41H,7-9,14-24,36H2,1-6H3,(H,37,46)(H,38,45)(H,39,42)(H,40,44). The Balaban J connectivity index is 2.92. The number of aliphatic hydroxyl groups is 1. The van der Waals surface area contributed by atoms with Crippen molar-refractivity contribution >= 4 is 35.5 Å². The molecule has 1 aromatic carbocycles. The van der Waals surface area contributed by atoms with Crippen molar-refractivity contribution in [2.45, 2.75) is 104 Å². The molecule has 0 saturated carbocycles. The summed E-state index contributed by atoms with van der Waals surface area (Å²) in [6, 6.07) is 3.98. The second kappa shape index (κ2) is 24.4. The van der Waals surface area contributed by atoms with Crippen LogP contribution in [0.3, 0.4) is 0 Å². The number of unbranched alkanes of at least 4 members (excludes halogenated alkanes) is 1. The van der Waals surface area contributed by atoms with Crippen LogP contribution in [0.2, 0.25) is 0 Å². The number of esters is 1. The summed E-state index contributed by atoms with van der Waals surface area (Å²) < 4.78 is 26.7. The lowest BCUT2D eigenvalue weighted by Gasteiger charge is -2.25. The predicted molar refractivity (Wildman–Crippen MR) is 190 cm³/mol. The molecule has 2 atom stereocenters. The number of nitrogens with two attached hydrogens (primary N) is 1. The lowest BCUT2D eigenvalue weighted by Crippen LogP contribution is -2.53. The molecule has 2 unspecified atom stereocenters. The summed E-state index contributed by atoms with van der Waals surface area (Å²) in [6.07, 6.45) is -0.0497. The maximum absolute atomic E-state index is 13.6. The molecule has 0 radical (unpaired) electrons. The molecule has 290 valence electrons. The monoisotopic (exact) mass is 725 g/mol. The Morgan fingerprint density at radius 1 is 0.745 bits per heavy atom. The second-order valence-electron chi connectivity index (χ2n) is 13.6. The molecule has 0 fully saturated rings. The van der Waals surface area contributed by atoms with Crippen LogP contribution in [0.1, 0.15) is 79.2 Å². The lowest BCUT2D eigenvalue weighted by molar-refractivity contribution is -0.156. The first-order valence-corrected chi connectivity index (χ1v) is 17.3. The Morgan fingerprint density at radius 2 is 1.33 bits per heavy atom. The molecule has 16 nitrogen and oxygen atoms in total. The average molecular weight is 726 g/mol. The van der Waals surface area contributed by atoms with Gasteiger partial charge in [-0.05, 0) is 78.5 Å². The van der Waals surface area contributed by atoms with Crippen molar-refractivity contribution in [3.63, 3.8) is 0 Å². The molecule has 0 saturated heterocycles. The molecule has 0 spiro atoms. The first-order chi connectivity index (χ1) is 24.0. The van der Waals surface area contributed by atoms with Gasteiger partial charge in [0.1, 0.15) is 23.3 Å². The Kier molecular flexibility index (Phi) is 21.6. The highest BCUT2D eigenvalue weighted by atomic mass is 16.6. The number of nitrogens with one attached hydrogen (secondary N) is 4. The quantitative estimate of drug-likeness (QED) is 0.0664. The zero-order chi connectivity index (χ0) is 38.3. The molecule has 16 heteroatoms. The highest BCUT2D eigenvalue weighted by Crippen LogP contribution is 2.14. The Hall–Kier alpha value is -3.83. The van der Waals surface area contributed by atoms with Gasteiger partial charge in [0.2, 0.25) is 17.7 Å². The summed E-state index contributed by atoms with van der Waals surface area (Å²) >= 11 is 0. The van der Waals surface area contributed by atoms with E-state index in [0.29, 0.717) is 57.1 Å². The fourth-order valence-corrected chi connectivity index (χ4v) is 4.26. The van der Waals surface area contributed by atoms with Crippen LogP contribution in [0.15, 0.2) is 24.3 Å². The van der Waals surface area contributed by atoms with Gasteiger partial charge >= 0.3 is 12.1 Å². The minimum absolute atomic E-state index is 0.0464. The summed E-state index contributed by atoms with van der Waals surface area (Å²) in [7, 11) is 0. The van der Waals surface area contributed by atoms with Crippen molar-refractivity contribution in [1.29, 1.82) is 0 Å². The fraction of sp³-hybridized carbons (Fsp3) is 0.686. The minimum atomic E-state index is -1.35. The summed E-state index contributed by atoms with van der Waals surface area (Å²) in [6.45, 7) is 12.7. The van der Waals surface area contributed by atoms with Crippen LogP contribution in [0.4, 0.5) is 10.5 Å². The van der Waals surface area contributed by atoms with Gasteiger partial charge in [-0.15, -0.1) is 0 Å². The third-order valence-corrected chi connectivity index (χ3v) is 6.55. The van der Waals surface area contributed by atoms with Gasteiger partial charge < -0.3 is 55.8 Å². The maximum atomic E-state index is 13.6. The zero-order valence-corrected chi connectivity index (χ0v) is 31.0. The van der Waals surface area contributed by atoms with Crippen molar-refractivity contribution in [3.05, 3.63) is 29.8 Å². The third-order valence-electron chi connectivity index (χ3n) is 6.55. The van der Waals surface area contributed by atoms with E-state index in [1.807, 2.05) is 0 Å². The van der Waals surface area contributed by atoms with Crippen LogP contribution < -0.4 is 27.0 Å². The maximum Gasteiger partial charge on any atom is 0.407 e. The van der Waals surface area contributed by atoms with Crippen LogP contribution in [0.5, 0.6) is 0 Å². The van der Waals surface area contributed by atoms with Gasteiger partial charge in [-0.2, -0.15) is 0 Å². The van der Waals surface area contributed by atoms with Crippen molar-refractivity contribution < 1.29 is 52.8 Å². The number of carbonyl (C=O) groups excluding carboxylic acids is 5. The van der Waals surface area contributed by atoms with E-state index in [2.05, 4.69) is 21.3 Å². The summed E-state index contributed by atoms with van der Waals surface area (Å²) in [5.74, 6) is -2.54. The first kappa shape index (κ1) is 45.2. The number of rotatable bonds is 24. The molecule has 4 amide bonds. The van der Waals surface area contributed by atoms with E-state index < -0.39 is 59.5 Å². The van der Waals surface area contributed by atoms with Gasteiger partial charge in [0.05, 0.1) is 52.7 Å². The molecule has 0 aromatic heterocycles. The zero-order valence-electron chi connectivity index (χ0n) is 31.0. The van der Waals surface area contributed by atoms with Crippen molar-refractivity contribution in [2.24, 2.45) is 5.73 Å². The normalized spacial score (nSPS) is 12.7. The number of benzene rings is 1. The second-order valence-corrected chi connectivity index (χ2v) is 13.6. The summed E-state index contributed by atoms with van der Waals surface area (Å²) in [4.78, 5) is 64.6. The molecule has 1 rings (SSSR count). The topological polar surface area (TPSA) is 226 Å². The Labute approximate surface area is 301 Å². The van der Waals surface area contributed by atoms with Crippen LogP contribution >= 0.6 is 0 Å². The molecule has 1 aromatic rings. The van der Waals surface area contributed by atoms with Gasteiger partial charge in [-0.25, -0.2) is 4.79 Å². The van der Waals surface area contributed by atoms with Gasteiger partial charge in [-0.1, -0.05) is 12.1 Å². The summed E-state index contributed by atoms with van der Waals surface area (Å²) in [5, 5.41) is 20.0. The largest absolute Gasteiger partial charge is 0.460 e. The van der Waals surface area contributed by atoms with E-state index in [9.17, 15) is 29.1 Å². The molecule has 7 N–H and O–H groups in total. The minimum Gasteiger partial charge on any atom is -0.460 e. The van der Waals surface area contributed by atoms with Gasteiger partial charge in [0, 0.05) is 25.2 Å². The molecule has 0 aliphatic rings. The third kappa shape index (κ3) is 23.3. The first-order valence-electron chi connectivity index (χ1n) is 17.3. The Morgan fingerprint density at radius 3 is 1.90 bits per heavy atom. The van der Waals surface area contributed by atoms with E-state index in [4.69, 9.17) is 29.4 Å². The molecule has 0 bridgehead atoms. The Bertz CT molecular complexity index is 1200. The van der Waals surface area contributed by atoms with Crippen LogP contribution in [0.25, 0.3) is 0 Å². The highest BCUT2D eigenvalue weighted by Gasteiger charge is 2.30. The molecular formula is C35H59N5O11. The highest BCUT2D eigenvalue weighted by molar-refractivity contribution is 6.00. The van der Waals surface area contributed by atoms with Gasteiger partial charge in [0.25, 0.3) is 0 Å². The molecule has 0 aliphatic heterocycles. The van der Waals surface area contributed by atoms with Crippen LogP contribution in [-0.4, -0.2) is 111 Å². The van der Waals surface area contributed by atoms with Crippen molar-refractivity contribution in [2.75, 3.05) is 58.0 Å². The van der Waals surface area contributed by atoms with E-state index in [-0.39, 0.29) is 39.2 Å². The number of carbonyl (C=O) groups is 5. The van der Waals surface area contributed by atoms with Gasteiger partial charge in [-0.3, -0.25) is 19.2 Å². The van der Waals surface area contributed by atoms with Crippen LogP contribution in [-0.2, 0) is 49.5 Å². The molecule has 51 heavy (non-hydrogen) atoms. The average Bonchev–Trinajstić information content (AvgIpc) is 3.03. The number of aliphatic hydroxyl groups excluding tert-OH is 1. The van der Waals surface area contributed by atoms with Crippen molar-refractivity contribution in [3.8, 4) is 0 Å². The van der Waals surface area contributed by atoms with E-state index in [1.54, 1.807) is 65.8 Å². The van der Waals surface area contributed by atoms with E-state index >= 15 is 0 Å². The predicted octanol–water partition coefficient (Wildman–Crippen LogP) is 1.91. The number of alkyl carbamates (subject to hydrolysis) is 1. The smallest absolute Gasteiger partial charge is 0.407 e. The SMILES string of the molecule is CC(C)(C)OC(=O)CC(NC(=O)C(CCCCNC(=O)OC(C)(C)C)NC(=O)CCOCCOCCOCCN)C(=O)Nc1ccc(CO)cc1. The number of hydrogen-bond donors (Lipinski definition) is 6. The van der Waals surface area contributed by atoms with Crippen molar-refractivity contribution in [1.82, 2.24) is 16.0 Å². The fourth-order valence-electron chi connectivity index (χ4n) is 4.26. The molecule has 0 aliphatic carbocycles. The number of anilines is 1.